The Hall–Kier alpha value is -1.03. The third-order valence-electron chi connectivity index (χ3n) is 3.14. The maximum absolute atomic E-state index is 4.36. The summed E-state index contributed by atoms with van der Waals surface area (Å²) < 4.78 is 2.01. The SMILES string of the molecule is CN(C)CCn1cc(NC2CCCC2)cn1. The lowest BCUT2D eigenvalue weighted by atomic mass is 10.2. The van der Waals surface area contributed by atoms with Crippen LogP contribution in [0.15, 0.2) is 12.4 Å². The molecule has 0 radical (unpaired) electrons. The first-order chi connectivity index (χ1) is 7.74. The van der Waals surface area contributed by atoms with Gasteiger partial charge in [-0.05, 0) is 26.9 Å². The standard InChI is InChI=1S/C12H22N4/c1-15(2)7-8-16-10-12(9-13-16)14-11-5-3-4-6-11/h9-11,14H,3-8H2,1-2H3. The molecule has 1 heterocycles. The quantitative estimate of drug-likeness (QED) is 0.824. The second-order valence-corrected chi connectivity index (χ2v) is 4.92. The number of likely N-dealkylation sites (N-methyl/N-ethyl adjacent to an activating group) is 1. The summed E-state index contributed by atoms with van der Waals surface area (Å²) in [6.45, 7) is 1.99. The molecule has 4 heteroatoms. The Morgan fingerprint density at radius 3 is 2.88 bits per heavy atom. The third-order valence-corrected chi connectivity index (χ3v) is 3.14. The van der Waals surface area contributed by atoms with E-state index in [0.29, 0.717) is 6.04 Å². The predicted octanol–water partition coefficient (Wildman–Crippen LogP) is 1.80. The topological polar surface area (TPSA) is 33.1 Å². The fraction of sp³-hybridized carbons (Fsp3) is 0.750. The first kappa shape index (κ1) is 11.5. The number of aromatic nitrogens is 2. The van der Waals surface area contributed by atoms with Gasteiger partial charge in [0.15, 0.2) is 0 Å². The minimum absolute atomic E-state index is 0.673. The van der Waals surface area contributed by atoms with E-state index in [2.05, 4.69) is 35.6 Å². The normalized spacial score (nSPS) is 17.2. The summed E-state index contributed by atoms with van der Waals surface area (Å²) >= 11 is 0. The van der Waals surface area contributed by atoms with Crippen LogP contribution in [-0.2, 0) is 6.54 Å². The Bertz CT molecular complexity index is 313. The van der Waals surface area contributed by atoms with Crippen LogP contribution in [0.2, 0.25) is 0 Å². The molecule has 1 aliphatic carbocycles. The van der Waals surface area contributed by atoms with E-state index < -0.39 is 0 Å². The zero-order valence-corrected chi connectivity index (χ0v) is 10.3. The number of rotatable bonds is 5. The van der Waals surface area contributed by atoms with Crippen LogP contribution in [0.3, 0.4) is 0 Å². The molecule has 1 aliphatic rings. The fourth-order valence-corrected chi connectivity index (χ4v) is 2.17. The van der Waals surface area contributed by atoms with E-state index in [1.54, 1.807) is 0 Å². The second kappa shape index (κ2) is 5.34. The molecular formula is C12H22N4. The van der Waals surface area contributed by atoms with Crippen molar-refractivity contribution in [3.8, 4) is 0 Å². The van der Waals surface area contributed by atoms with E-state index in [9.17, 15) is 0 Å². The monoisotopic (exact) mass is 222 g/mol. The van der Waals surface area contributed by atoms with Crippen molar-refractivity contribution in [2.45, 2.75) is 38.3 Å². The van der Waals surface area contributed by atoms with Gasteiger partial charge in [0, 0.05) is 18.8 Å². The van der Waals surface area contributed by atoms with Crippen molar-refractivity contribution in [2.75, 3.05) is 26.0 Å². The van der Waals surface area contributed by atoms with Gasteiger partial charge in [0.25, 0.3) is 0 Å². The van der Waals surface area contributed by atoms with Crippen LogP contribution in [0.4, 0.5) is 5.69 Å². The molecule has 0 unspecified atom stereocenters. The number of nitrogens with one attached hydrogen (secondary N) is 1. The number of hydrogen-bond donors (Lipinski definition) is 1. The molecule has 0 aromatic carbocycles. The van der Waals surface area contributed by atoms with E-state index in [-0.39, 0.29) is 0 Å². The average Bonchev–Trinajstić information content (AvgIpc) is 2.87. The van der Waals surface area contributed by atoms with Gasteiger partial charge < -0.3 is 10.2 Å². The molecule has 4 nitrogen and oxygen atoms in total. The van der Waals surface area contributed by atoms with Gasteiger partial charge in [-0.15, -0.1) is 0 Å². The molecule has 1 fully saturated rings. The van der Waals surface area contributed by atoms with Gasteiger partial charge in [-0.3, -0.25) is 4.68 Å². The van der Waals surface area contributed by atoms with Gasteiger partial charge in [-0.25, -0.2) is 0 Å². The number of nitrogens with zero attached hydrogens (tertiary/aromatic N) is 3. The predicted molar refractivity (Wildman–Crippen MR) is 66.7 cm³/mol. The summed E-state index contributed by atoms with van der Waals surface area (Å²) in [5.41, 5.74) is 1.17. The van der Waals surface area contributed by atoms with E-state index in [1.165, 1.54) is 31.4 Å². The molecule has 0 aliphatic heterocycles. The molecule has 0 atom stereocenters. The van der Waals surface area contributed by atoms with Crippen molar-refractivity contribution in [1.29, 1.82) is 0 Å². The molecule has 1 aromatic heterocycles. The van der Waals surface area contributed by atoms with Gasteiger partial charge in [0.1, 0.15) is 0 Å². The number of anilines is 1. The van der Waals surface area contributed by atoms with Gasteiger partial charge in [-0.2, -0.15) is 5.10 Å². The van der Waals surface area contributed by atoms with Crippen molar-refractivity contribution in [1.82, 2.24) is 14.7 Å². The zero-order valence-electron chi connectivity index (χ0n) is 10.3. The van der Waals surface area contributed by atoms with Gasteiger partial charge >= 0.3 is 0 Å². The molecule has 0 spiro atoms. The molecule has 90 valence electrons. The molecule has 2 rings (SSSR count). The lowest BCUT2D eigenvalue weighted by Crippen LogP contribution is -2.18. The summed E-state index contributed by atoms with van der Waals surface area (Å²) in [5.74, 6) is 0. The van der Waals surface area contributed by atoms with E-state index in [1.807, 2.05) is 10.9 Å². The van der Waals surface area contributed by atoms with Crippen molar-refractivity contribution >= 4 is 5.69 Å². The Kier molecular flexibility index (Phi) is 3.83. The lowest BCUT2D eigenvalue weighted by molar-refractivity contribution is 0.373. The third kappa shape index (κ3) is 3.23. The van der Waals surface area contributed by atoms with Crippen molar-refractivity contribution in [3.05, 3.63) is 12.4 Å². The van der Waals surface area contributed by atoms with Gasteiger partial charge in [0.05, 0.1) is 18.4 Å². The first-order valence-electron chi connectivity index (χ1n) is 6.18. The fourth-order valence-electron chi connectivity index (χ4n) is 2.17. The van der Waals surface area contributed by atoms with Crippen LogP contribution >= 0.6 is 0 Å². The van der Waals surface area contributed by atoms with Crippen molar-refractivity contribution < 1.29 is 0 Å². The molecule has 0 saturated heterocycles. The molecule has 0 amide bonds. The Balaban J connectivity index is 1.81. The highest BCUT2D eigenvalue weighted by Gasteiger charge is 2.14. The van der Waals surface area contributed by atoms with Gasteiger partial charge in [-0.1, -0.05) is 12.8 Å². The molecular weight excluding hydrogens is 200 g/mol. The maximum Gasteiger partial charge on any atom is 0.0728 e. The zero-order chi connectivity index (χ0) is 11.4. The van der Waals surface area contributed by atoms with Crippen LogP contribution in [0.1, 0.15) is 25.7 Å². The minimum atomic E-state index is 0.673. The molecule has 1 saturated carbocycles. The summed E-state index contributed by atoms with van der Waals surface area (Å²) in [7, 11) is 4.17. The van der Waals surface area contributed by atoms with E-state index >= 15 is 0 Å². The highest BCUT2D eigenvalue weighted by molar-refractivity contribution is 5.39. The van der Waals surface area contributed by atoms with Crippen molar-refractivity contribution in [2.24, 2.45) is 0 Å². The Morgan fingerprint density at radius 2 is 2.19 bits per heavy atom. The van der Waals surface area contributed by atoms with Crippen LogP contribution in [0.25, 0.3) is 0 Å². The molecule has 16 heavy (non-hydrogen) atoms. The van der Waals surface area contributed by atoms with E-state index in [0.717, 1.165) is 13.1 Å². The molecule has 1 aromatic rings. The van der Waals surface area contributed by atoms with Crippen LogP contribution in [-0.4, -0.2) is 41.4 Å². The highest BCUT2D eigenvalue weighted by Crippen LogP contribution is 2.21. The van der Waals surface area contributed by atoms with Crippen LogP contribution in [0, 0.1) is 0 Å². The molecule has 0 bridgehead atoms. The second-order valence-electron chi connectivity index (χ2n) is 4.92. The summed E-state index contributed by atoms with van der Waals surface area (Å²) in [6.07, 6.45) is 9.40. The van der Waals surface area contributed by atoms with Crippen LogP contribution < -0.4 is 5.32 Å². The van der Waals surface area contributed by atoms with E-state index in [4.69, 9.17) is 0 Å². The number of hydrogen-bond acceptors (Lipinski definition) is 3. The Labute approximate surface area is 97.6 Å². The summed E-state index contributed by atoms with van der Waals surface area (Å²) in [6, 6.07) is 0.673. The van der Waals surface area contributed by atoms with Crippen LogP contribution in [0.5, 0.6) is 0 Å². The lowest BCUT2D eigenvalue weighted by Gasteiger charge is -2.11. The highest BCUT2D eigenvalue weighted by atomic mass is 15.3. The molecule has 1 N–H and O–H groups in total. The summed E-state index contributed by atoms with van der Waals surface area (Å²) in [4.78, 5) is 2.17. The summed E-state index contributed by atoms with van der Waals surface area (Å²) in [5, 5.41) is 7.91. The average molecular weight is 222 g/mol. The maximum atomic E-state index is 4.36. The Morgan fingerprint density at radius 1 is 1.44 bits per heavy atom. The largest absolute Gasteiger partial charge is 0.380 e. The smallest absolute Gasteiger partial charge is 0.0728 e. The van der Waals surface area contributed by atoms with Gasteiger partial charge in [0.2, 0.25) is 0 Å². The minimum Gasteiger partial charge on any atom is -0.380 e. The van der Waals surface area contributed by atoms with Crippen molar-refractivity contribution in [3.63, 3.8) is 0 Å². The first-order valence-corrected chi connectivity index (χ1v) is 6.18.